The second-order valence-corrected chi connectivity index (χ2v) is 10.3. The zero-order valence-electron chi connectivity index (χ0n) is 18.6. The molecule has 1 aliphatic heterocycles. The lowest BCUT2D eigenvalue weighted by molar-refractivity contribution is -0.0462. The molecule has 6 atom stereocenters. The fourth-order valence-corrected chi connectivity index (χ4v) is 5.04. The quantitative estimate of drug-likeness (QED) is 0.429. The number of fused-ring (bicyclic) bond motifs is 1. The van der Waals surface area contributed by atoms with Crippen molar-refractivity contribution >= 4 is 18.8 Å². The van der Waals surface area contributed by atoms with E-state index in [1.54, 1.807) is 27.7 Å². The van der Waals surface area contributed by atoms with E-state index in [2.05, 4.69) is 21.5 Å². The number of H-pyrrole nitrogens is 1. The molecular formula is C21H30N3O7P. The molecule has 0 bridgehead atoms. The maximum atomic E-state index is 12.6. The van der Waals surface area contributed by atoms with Crippen LogP contribution in [-0.2, 0) is 13.8 Å². The van der Waals surface area contributed by atoms with Gasteiger partial charge in [0.05, 0.1) is 29.2 Å². The first-order valence-corrected chi connectivity index (χ1v) is 12.1. The Morgan fingerprint density at radius 3 is 2.69 bits per heavy atom. The number of nitrogens with zero attached hydrogens (tertiary/aromatic N) is 2. The van der Waals surface area contributed by atoms with Crippen molar-refractivity contribution in [2.24, 2.45) is 0 Å². The number of allylic oxidation sites excluding steroid dienone is 1. The lowest BCUT2D eigenvalue weighted by atomic mass is 9.92. The summed E-state index contributed by atoms with van der Waals surface area (Å²) in [6.07, 6.45) is -2.60. The van der Waals surface area contributed by atoms with Crippen molar-refractivity contribution in [1.29, 1.82) is 0 Å². The monoisotopic (exact) mass is 467 g/mol. The third kappa shape index (κ3) is 4.85. The molecule has 0 amide bonds. The van der Waals surface area contributed by atoms with E-state index in [-0.39, 0.29) is 23.7 Å². The van der Waals surface area contributed by atoms with E-state index in [1.807, 2.05) is 0 Å². The Balaban J connectivity index is 1.87. The van der Waals surface area contributed by atoms with Crippen LogP contribution in [0.25, 0.3) is 11.2 Å². The average molecular weight is 467 g/mol. The minimum atomic E-state index is -4.09. The number of aromatic nitrogens is 3. The van der Waals surface area contributed by atoms with Gasteiger partial charge in [-0.15, -0.1) is 0 Å². The summed E-state index contributed by atoms with van der Waals surface area (Å²) in [6, 6.07) is 1.49. The molecule has 0 saturated carbocycles. The van der Waals surface area contributed by atoms with Crippen LogP contribution in [0.3, 0.4) is 0 Å². The SMILES string of the molecule is C=C(CC)P(=O)(O)OC(C)(CC)CC1OC(c2cc3nc(C)cnc3[nH]c2=O)C(O)C1O. The van der Waals surface area contributed by atoms with Crippen LogP contribution in [-0.4, -0.2) is 54.0 Å². The topological polar surface area (TPSA) is 155 Å². The van der Waals surface area contributed by atoms with Crippen LogP contribution in [0, 0.1) is 6.92 Å². The Hall–Kier alpha value is -1.94. The highest BCUT2D eigenvalue weighted by atomic mass is 31.2. The Morgan fingerprint density at radius 2 is 2.06 bits per heavy atom. The number of hydrogen-bond acceptors (Lipinski definition) is 8. The molecule has 1 aliphatic rings. The van der Waals surface area contributed by atoms with E-state index in [4.69, 9.17) is 9.26 Å². The van der Waals surface area contributed by atoms with Crippen LogP contribution in [0.1, 0.15) is 57.4 Å². The Morgan fingerprint density at radius 1 is 1.38 bits per heavy atom. The van der Waals surface area contributed by atoms with Crippen LogP contribution >= 0.6 is 7.60 Å². The van der Waals surface area contributed by atoms with E-state index >= 15 is 0 Å². The molecule has 1 saturated heterocycles. The van der Waals surface area contributed by atoms with Crippen molar-refractivity contribution in [1.82, 2.24) is 15.0 Å². The number of hydrogen-bond donors (Lipinski definition) is 4. The van der Waals surface area contributed by atoms with Crippen molar-refractivity contribution in [3.63, 3.8) is 0 Å². The van der Waals surface area contributed by atoms with Crippen molar-refractivity contribution in [3.05, 3.63) is 45.8 Å². The van der Waals surface area contributed by atoms with Gasteiger partial charge in [0.2, 0.25) is 0 Å². The predicted molar refractivity (Wildman–Crippen MR) is 118 cm³/mol. The fourth-order valence-electron chi connectivity index (χ4n) is 3.71. The molecule has 32 heavy (non-hydrogen) atoms. The number of nitrogens with one attached hydrogen (secondary N) is 1. The van der Waals surface area contributed by atoms with Gasteiger partial charge in [-0.1, -0.05) is 20.4 Å². The highest BCUT2D eigenvalue weighted by Gasteiger charge is 2.48. The van der Waals surface area contributed by atoms with Gasteiger partial charge in [0.1, 0.15) is 23.8 Å². The van der Waals surface area contributed by atoms with Crippen LogP contribution < -0.4 is 5.56 Å². The number of rotatable bonds is 8. The smallest absolute Gasteiger partial charge is 0.354 e. The highest BCUT2D eigenvalue weighted by molar-refractivity contribution is 7.57. The van der Waals surface area contributed by atoms with Gasteiger partial charge in [-0.05, 0) is 32.8 Å². The standard InChI is InChI=1S/C21H30N3O7P/c1-6-12(4)32(28,29)31-21(5,7-2)9-15-16(25)17(26)18(30-15)13-8-14-19(24-20(13)27)22-10-11(3)23-14/h8,10,15-18,25-26H,4,6-7,9H2,1-3,5H3,(H,28,29)(H,22,24,27). The minimum absolute atomic E-state index is 0.0180. The maximum absolute atomic E-state index is 12.6. The average Bonchev–Trinajstić information content (AvgIpc) is 3.00. The number of aromatic amines is 1. The molecule has 3 rings (SSSR count). The maximum Gasteiger partial charge on any atom is 0.354 e. The van der Waals surface area contributed by atoms with E-state index in [0.29, 0.717) is 23.3 Å². The van der Waals surface area contributed by atoms with Crippen molar-refractivity contribution in [2.75, 3.05) is 0 Å². The van der Waals surface area contributed by atoms with E-state index in [0.717, 1.165) is 0 Å². The first-order chi connectivity index (χ1) is 14.9. The molecule has 0 spiro atoms. The third-order valence-electron chi connectivity index (χ3n) is 5.91. The van der Waals surface area contributed by atoms with Crippen molar-refractivity contribution in [3.8, 4) is 0 Å². The normalized spacial score (nSPS) is 27.2. The van der Waals surface area contributed by atoms with Gasteiger partial charge < -0.3 is 24.8 Å². The summed E-state index contributed by atoms with van der Waals surface area (Å²) in [6.45, 7) is 10.5. The summed E-state index contributed by atoms with van der Waals surface area (Å²) in [7, 11) is -4.09. The minimum Gasteiger partial charge on any atom is -0.388 e. The summed E-state index contributed by atoms with van der Waals surface area (Å²) in [5, 5.41) is 21.4. The highest BCUT2D eigenvalue weighted by Crippen LogP contribution is 2.56. The molecule has 6 unspecified atom stereocenters. The van der Waals surface area contributed by atoms with E-state index in [9.17, 15) is 24.5 Å². The molecule has 0 radical (unpaired) electrons. The van der Waals surface area contributed by atoms with Gasteiger partial charge in [0, 0.05) is 11.7 Å². The number of pyridine rings is 1. The molecule has 11 heteroatoms. The van der Waals surface area contributed by atoms with Crippen LogP contribution in [0.4, 0.5) is 0 Å². The zero-order chi connectivity index (χ0) is 23.8. The van der Waals surface area contributed by atoms with Crippen LogP contribution in [0.15, 0.2) is 29.0 Å². The number of aliphatic hydroxyl groups is 2. The van der Waals surface area contributed by atoms with Gasteiger partial charge >= 0.3 is 7.60 Å². The Kier molecular flexibility index (Phi) is 7.05. The number of aliphatic hydroxyl groups excluding tert-OH is 2. The lowest BCUT2D eigenvalue weighted by Gasteiger charge is -2.33. The van der Waals surface area contributed by atoms with Crippen LogP contribution in [0.2, 0.25) is 0 Å². The summed E-state index contributed by atoms with van der Waals surface area (Å²) < 4.78 is 24.0. The van der Waals surface area contributed by atoms with Crippen molar-refractivity contribution < 1.29 is 28.9 Å². The van der Waals surface area contributed by atoms with Crippen molar-refractivity contribution in [2.45, 2.75) is 77.0 Å². The summed E-state index contributed by atoms with van der Waals surface area (Å²) in [5.74, 6) is 0. The molecule has 4 N–H and O–H groups in total. The fraction of sp³-hybridized carbons (Fsp3) is 0.571. The van der Waals surface area contributed by atoms with Gasteiger partial charge in [-0.3, -0.25) is 13.9 Å². The van der Waals surface area contributed by atoms with Gasteiger partial charge in [-0.25, -0.2) is 9.97 Å². The molecule has 3 heterocycles. The second-order valence-electron chi connectivity index (χ2n) is 8.41. The molecule has 10 nitrogen and oxygen atoms in total. The molecule has 0 aliphatic carbocycles. The Bertz CT molecular complexity index is 1120. The summed E-state index contributed by atoms with van der Waals surface area (Å²) in [5.41, 5.74) is -0.163. The first kappa shape index (κ1) is 24.7. The Labute approximate surface area is 185 Å². The van der Waals surface area contributed by atoms with E-state index < -0.39 is 43.2 Å². The zero-order valence-corrected chi connectivity index (χ0v) is 19.5. The molecule has 0 aromatic carbocycles. The number of ether oxygens (including phenoxy) is 1. The largest absolute Gasteiger partial charge is 0.388 e. The predicted octanol–water partition coefficient (Wildman–Crippen LogP) is 2.47. The lowest BCUT2D eigenvalue weighted by Crippen LogP contribution is -2.38. The molecule has 2 aromatic heterocycles. The molecule has 1 fully saturated rings. The molecular weight excluding hydrogens is 437 g/mol. The summed E-state index contributed by atoms with van der Waals surface area (Å²) >= 11 is 0. The van der Waals surface area contributed by atoms with Gasteiger partial charge in [-0.2, -0.15) is 0 Å². The van der Waals surface area contributed by atoms with Gasteiger partial charge in [0.25, 0.3) is 5.56 Å². The number of aryl methyl sites for hydroxylation is 1. The first-order valence-electron chi connectivity index (χ1n) is 10.5. The summed E-state index contributed by atoms with van der Waals surface area (Å²) in [4.78, 5) is 33.9. The molecule has 176 valence electrons. The second kappa shape index (κ2) is 9.13. The van der Waals surface area contributed by atoms with Crippen LogP contribution in [0.5, 0.6) is 0 Å². The van der Waals surface area contributed by atoms with Gasteiger partial charge in [0.15, 0.2) is 5.65 Å². The third-order valence-corrected chi connectivity index (χ3v) is 7.71. The molecule has 2 aromatic rings. The van der Waals surface area contributed by atoms with E-state index in [1.165, 1.54) is 12.3 Å².